The van der Waals surface area contributed by atoms with Gasteiger partial charge >= 0.3 is 0 Å². The van der Waals surface area contributed by atoms with Crippen LogP contribution in [0.4, 0.5) is 11.5 Å². The summed E-state index contributed by atoms with van der Waals surface area (Å²) in [6.45, 7) is 2.00. The van der Waals surface area contributed by atoms with Crippen LogP contribution in [0.2, 0.25) is 0 Å². The van der Waals surface area contributed by atoms with Gasteiger partial charge in [0.2, 0.25) is 0 Å². The second kappa shape index (κ2) is 5.53. The first-order chi connectivity index (χ1) is 9.83. The Morgan fingerprint density at radius 3 is 2.20 bits per heavy atom. The molecule has 3 heteroatoms. The Morgan fingerprint density at radius 2 is 1.50 bits per heavy atom. The van der Waals surface area contributed by atoms with E-state index in [2.05, 4.69) is 15.3 Å². The van der Waals surface area contributed by atoms with E-state index >= 15 is 0 Å². The average molecular weight is 261 g/mol. The predicted molar refractivity (Wildman–Crippen MR) is 81.9 cm³/mol. The van der Waals surface area contributed by atoms with Crippen LogP contribution in [0.15, 0.2) is 66.9 Å². The van der Waals surface area contributed by atoms with E-state index in [1.165, 1.54) is 0 Å². The summed E-state index contributed by atoms with van der Waals surface area (Å²) in [4.78, 5) is 9.02. The lowest BCUT2D eigenvalue weighted by Gasteiger charge is -2.09. The molecule has 0 saturated carbocycles. The fraction of sp³-hybridized carbons (Fsp3) is 0.0588. The molecule has 1 heterocycles. The lowest BCUT2D eigenvalue weighted by atomic mass is 10.2. The van der Waals surface area contributed by atoms with Crippen LogP contribution in [0.25, 0.3) is 11.4 Å². The molecule has 2 aromatic carbocycles. The van der Waals surface area contributed by atoms with Crippen LogP contribution in [0, 0.1) is 6.92 Å². The topological polar surface area (TPSA) is 37.8 Å². The average Bonchev–Trinajstić information content (AvgIpc) is 2.51. The fourth-order valence-electron chi connectivity index (χ4n) is 1.95. The maximum Gasteiger partial charge on any atom is 0.161 e. The zero-order valence-corrected chi connectivity index (χ0v) is 11.2. The van der Waals surface area contributed by atoms with Gasteiger partial charge in [-0.1, -0.05) is 48.5 Å². The molecule has 0 spiro atoms. The van der Waals surface area contributed by atoms with Gasteiger partial charge in [-0.2, -0.15) is 0 Å². The summed E-state index contributed by atoms with van der Waals surface area (Å²) in [5.74, 6) is 1.57. The van der Waals surface area contributed by atoms with Crippen molar-refractivity contribution in [1.29, 1.82) is 0 Å². The van der Waals surface area contributed by atoms with Gasteiger partial charge in [0.1, 0.15) is 5.82 Å². The van der Waals surface area contributed by atoms with Crippen molar-refractivity contribution in [1.82, 2.24) is 9.97 Å². The van der Waals surface area contributed by atoms with Gasteiger partial charge in [-0.05, 0) is 19.1 Å². The zero-order chi connectivity index (χ0) is 13.8. The number of para-hydroxylation sites is 1. The second-order valence-corrected chi connectivity index (χ2v) is 4.58. The van der Waals surface area contributed by atoms with Crippen LogP contribution in [0.3, 0.4) is 0 Å². The van der Waals surface area contributed by atoms with Crippen molar-refractivity contribution in [3.63, 3.8) is 0 Å². The summed E-state index contributed by atoms with van der Waals surface area (Å²) in [5.41, 5.74) is 3.06. The molecule has 0 atom stereocenters. The van der Waals surface area contributed by atoms with Crippen molar-refractivity contribution in [2.45, 2.75) is 6.92 Å². The molecular formula is C17H15N3. The van der Waals surface area contributed by atoms with Gasteiger partial charge in [-0.15, -0.1) is 0 Å². The summed E-state index contributed by atoms with van der Waals surface area (Å²) in [7, 11) is 0. The molecule has 0 unspecified atom stereocenters. The largest absolute Gasteiger partial charge is 0.340 e. The first-order valence-electron chi connectivity index (χ1n) is 6.54. The highest BCUT2D eigenvalue weighted by molar-refractivity contribution is 5.63. The minimum Gasteiger partial charge on any atom is -0.340 e. The van der Waals surface area contributed by atoms with E-state index in [0.717, 1.165) is 28.5 Å². The number of benzene rings is 2. The van der Waals surface area contributed by atoms with Crippen molar-refractivity contribution in [3.8, 4) is 11.4 Å². The lowest BCUT2D eigenvalue weighted by Crippen LogP contribution is -1.99. The third-order valence-electron chi connectivity index (χ3n) is 3.04. The molecule has 1 aromatic heterocycles. The summed E-state index contributed by atoms with van der Waals surface area (Å²) in [6, 6.07) is 20.0. The number of nitrogens with zero attached hydrogens (tertiary/aromatic N) is 2. The summed E-state index contributed by atoms with van der Waals surface area (Å²) in [6.07, 6.45) is 1.85. The highest BCUT2D eigenvalue weighted by Gasteiger charge is 2.05. The quantitative estimate of drug-likeness (QED) is 0.768. The molecule has 0 aliphatic carbocycles. The van der Waals surface area contributed by atoms with Gasteiger partial charge in [-0.25, -0.2) is 9.97 Å². The minimum atomic E-state index is 0.731. The summed E-state index contributed by atoms with van der Waals surface area (Å²) >= 11 is 0. The number of hydrogen-bond acceptors (Lipinski definition) is 3. The first-order valence-corrected chi connectivity index (χ1v) is 6.54. The Hall–Kier alpha value is -2.68. The molecule has 0 radical (unpaired) electrons. The lowest BCUT2D eigenvalue weighted by molar-refractivity contribution is 1.14. The molecule has 3 aromatic rings. The molecular weight excluding hydrogens is 246 g/mol. The Morgan fingerprint density at radius 1 is 0.850 bits per heavy atom. The fourth-order valence-corrected chi connectivity index (χ4v) is 1.95. The van der Waals surface area contributed by atoms with E-state index in [0.29, 0.717) is 0 Å². The summed E-state index contributed by atoms with van der Waals surface area (Å²) in [5, 5.41) is 3.33. The number of hydrogen-bond donors (Lipinski definition) is 1. The molecule has 1 N–H and O–H groups in total. The molecule has 0 amide bonds. The van der Waals surface area contributed by atoms with E-state index < -0.39 is 0 Å². The highest BCUT2D eigenvalue weighted by atomic mass is 15.0. The number of aromatic nitrogens is 2. The third kappa shape index (κ3) is 2.67. The van der Waals surface area contributed by atoms with Crippen molar-refractivity contribution in [2.24, 2.45) is 0 Å². The molecule has 0 aliphatic heterocycles. The monoisotopic (exact) mass is 261 g/mol. The van der Waals surface area contributed by atoms with E-state index in [9.17, 15) is 0 Å². The van der Waals surface area contributed by atoms with E-state index in [4.69, 9.17) is 0 Å². The van der Waals surface area contributed by atoms with E-state index in [1.807, 2.05) is 73.8 Å². The highest BCUT2D eigenvalue weighted by Crippen LogP contribution is 2.21. The Balaban J connectivity index is 1.95. The maximum absolute atomic E-state index is 4.62. The van der Waals surface area contributed by atoms with Gasteiger partial charge in [-0.3, -0.25) is 0 Å². The first kappa shape index (κ1) is 12.4. The Labute approximate surface area is 118 Å². The van der Waals surface area contributed by atoms with Crippen molar-refractivity contribution in [2.75, 3.05) is 5.32 Å². The minimum absolute atomic E-state index is 0.731. The van der Waals surface area contributed by atoms with Gasteiger partial charge in [0, 0.05) is 23.0 Å². The zero-order valence-electron chi connectivity index (χ0n) is 11.2. The van der Waals surface area contributed by atoms with Gasteiger partial charge in [0.05, 0.1) is 0 Å². The number of nitrogens with one attached hydrogen (secondary N) is 1. The standard InChI is InChI=1S/C17H15N3/c1-13-12-18-17(14-8-4-2-5-9-14)20-16(13)19-15-10-6-3-7-11-15/h2-12H,1H3,(H,18,19,20). The van der Waals surface area contributed by atoms with Gasteiger partial charge in [0.25, 0.3) is 0 Å². The molecule has 0 fully saturated rings. The van der Waals surface area contributed by atoms with Crippen LogP contribution in [-0.2, 0) is 0 Å². The van der Waals surface area contributed by atoms with Crippen molar-refractivity contribution in [3.05, 3.63) is 72.4 Å². The van der Waals surface area contributed by atoms with Crippen LogP contribution in [-0.4, -0.2) is 9.97 Å². The number of aryl methyl sites for hydroxylation is 1. The maximum atomic E-state index is 4.62. The SMILES string of the molecule is Cc1cnc(-c2ccccc2)nc1Nc1ccccc1. The normalized spacial score (nSPS) is 10.2. The molecule has 0 bridgehead atoms. The number of anilines is 2. The third-order valence-corrected chi connectivity index (χ3v) is 3.04. The molecule has 20 heavy (non-hydrogen) atoms. The van der Waals surface area contributed by atoms with Crippen LogP contribution < -0.4 is 5.32 Å². The second-order valence-electron chi connectivity index (χ2n) is 4.58. The van der Waals surface area contributed by atoms with E-state index in [-0.39, 0.29) is 0 Å². The molecule has 3 rings (SSSR count). The predicted octanol–water partition coefficient (Wildman–Crippen LogP) is 4.20. The molecule has 3 nitrogen and oxygen atoms in total. The van der Waals surface area contributed by atoms with Crippen LogP contribution in [0.1, 0.15) is 5.56 Å². The van der Waals surface area contributed by atoms with Gasteiger partial charge < -0.3 is 5.32 Å². The van der Waals surface area contributed by atoms with Crippen molar-refractivity contribution >= 4 is 11.5 Å². The van der Waals surface area contributed by atoms with Crippen LogP contribution >= 0.6 is 0 Å². The molecule has 98 valence electrons. The Kier molecular flexibility index (Phi) is 3.42. The van der Waals surface area contributed by atoms with Crippen molar-refractivity contribution < 1.29 is 0 Å². The molecule has 0 saturated heterocycles. The van der Waals surface area contributed by atoms with E-state index in [1.54, 1.807) is 0 Å². The molecule has 0 aliphatic rings. The Bertz CT molecular complexity index is 694. The number of rotatable bonds is 3. The van der Waals surface area contributed by atoms with Gasteiger partial charge in [0.15, 0.2) is 5.82 Å². The smallest absolute Gasteiger partial charge is 0.161 e. The van der Waals surface area contributed by atoms with Crippen LogP contribution in [0.5, 0.6) is 0 Å². The summed E-state index contributed by atoms with van der Waals surface area (Å²) < 4.78 is 0.